The fourth-order valence-electron chi connectivity index (χ4n) is 0.725. The second-order valence-electron chi connectivity index (χ2n) is 2.66. The monoisotopic (exact) mass is 174 g/mol. The molecule has 0 spiro atoms. The van der Waals surface area contributed by atoms with Gasteiger partial charge in [0.2, 0.25) is 0 Å². The van der Waals surface area contributed by atoms with Gasteiger partial charge in [0.15, 0.2) is 0 Å². The predicted octanol–water partition coefficient (Wildman–Crippen LogP) is 1.76. The predicted molar refractivity (Wildman–Crippen MR) is 47.0 cm³/mol. The van der Waals surface area contributed by atoms with Gasteiger partial charge in [0.05, 0.1) is 6.61 Å². The van der Waals surface area contributed by atoms with E-state index in [-0.39, 0.29) is 5.97 Å². The first-order valence-corrected chi connectivity index (χ1v) is 4.48. The third-order valence-corrected chi connectivity index (χ3v) is 1.38. The molecule has 0 rings (SSSR count). The minimum atomic E-state index is -0.219. The first-order valence-electron chi connectivity index (χ1n) is 4.48. The van der Waals surface area contributed by atoms with E-state index in [1.54, 1.807) is 0 Å². The molecule has 0 aliphatic carbocycles. The highest BCUT2D eigenvalue weighted by Crippen LogP contribution is 1.90. The lowest BCUT2D eigenvalue weighted by Gasteiger charge is -2.03. The van der Waals surface area contributed by atoms with E-state index < -0.39 is 0 Å². The van der Waals surface area contributed by atoms with Gasteiger partial charge in [-0.1, -0.05) is 13.3 Å². The Hall–Kier alpha value is -0.570. The van der Waals surface area contributed by atoms with Crippen LogP contribution in [0.5, 0.6) is 0 Å². The number of ether oxygens (including phenoxy) is 2. The van der Waals surface area contributed by atoms with Gasteiger partial charge >= 0.3 is 5.97 Å². The maximum atomic E-state index is 10.3. The molecule has 0 N–H and O–H groups in total. The van der Waals surface area contributed by atoms with Crippen LogP contribution in [0.3, 0.4) is 0 Å². The molecule has 0 aromatic carbocycles. The van der Waals surface area contributed by atoms with Crippen LogP contribution in [0.2, 0.25) is 0 Å². The lowest BCUT2D eigenvalue weighted by Crippen LogP contribution is -2.04. The number of rotatable bonds is 7. The third kappa shape index (κ3) is 9.43. The molecule has 0 fully saturated rings. The van der Waals surface area contributed by atoms with Crippen molar-refractivity contribution in [3.05, 3.63) is 0 Å². The van der Waals surface area contributed by atoms with E-state index in [1.165, 1.54) is 6.92 Å². The van der Waals surface area contributed by atoms with Gasteiger partial charge in [-0.15, -0.1) is 0 Å². The van der Waals surface area contributed by atoms with Crippen LogP contribution < -0.4 is 0 Å². The molecular weight excluding hydrogens is 156 g/mol. The van der Waals surface area contributed by atoms with E-state index in [2.05, 4.69) is 6.92 Å². The molecule has 72 valence electrons. The maximum Gasteiger partial charge on any atom is 0.302 e. The molecule has 3 nitrogen and oxygen atoms in total. The number of hydrogen-bond acceptors (Lipinski definition) is 3. The first-order chi connectivity index (χ1) is 5.77. The van der Waals surface area contributed by atoms with Crippen molar-refractivity contribution in [3.8, 4) is 0 Å². The summed E-state index contributed by atoms with van der Waals surface area (Å²) in [6, 6.07) is 0. The highest BCUT2D eigenvalue weighted by molar-refractivity contribution is 5.65. The van der Waals surface area contributed by atoms with Crippen LogP contribution in [0.15, 0.2) is 0 Å². The molecule has 0 aliphatic heterocycles. The first kappa shape index (κ1) is 11.4. The van der Waals surface area contributed by atoms with Crippen LogP contribution in [0.4, 0.5) is 0 Å². The molecule has 0 amide bonds. The standard InChI is InChI=1S/C9H18O3/c1-3-4-6-11-7-5-8-12-9(2)10/h3-8H2,1-2H3. The largest absolute Gasteiger partial charge is 0.466 e. The van der Waals surface area contributed by atoms with Crippen molar-refractivity contribution in [1.82, 2.24) is 0 Å². The average molecular weight is 174 g/mol. The molecule has 0 saturated heterocycles. The molecule has 0 aliphatic rings. The van der Waals surface area contributed by atoms with Crippen molar-refractivity contribution in [2.45, 2.75) is 33.1 Å². The zero-order valence-corrected chi connectivity index (χ0v) is 7.97. The zero-order chi connectivity index (χ0) is 9.23. The SMILES string of the molecule is CCCCOCCCOC(C)=O. The summed E-state index contributed by atoms with van der Waals surface area (Å²) in [5, 5.41) is 0. The normalized spacial score (nSPS) is 9.83. The van der Waals surface area contributed by atoms with E-state index in [0.29, 0.717) is 13.2 Å². The highest BCUT2D eigenvalue weighted by Gasteiger charge is 1.92. The quantitative estimate of drug-likeness (QED) is 0.436. The summed E-state index contributed by atoms with van der Waals surface area (Å²) in [7, 11) is 0. The van der Waals surface area contributed by atoms with Crippen molar-refractivity contribution in [2.75, 3.05) is 19.8 Å². The minimum Gasteiger partial charge on any atom is -0.466 e. The Morgan fingerprint density at radius 3 is 2.42 bits per heavy atom. The molecule has 0 aromatic heterocycles. The van der Waals surface area contributed by atoms with Crippen LogP contribution in [0, 0.1) is 0 Å². The molecule has 0 unspecified atom stereocenters. The number of hydrogen-bond donors (Lipinski definition) is 0. The van der Waals surface area contributed by atoms with Gasteiger partial charge in [-0.05, 0) is 6.42 Å². The molecule has 0 aromatic rings. The smallest absolute Gasteiger partial charge is 0.302 e. The molecule has 0 atom stereocenters. The fourth-order valence-corrected chi connectivity index (χ4v) is 0.725. The van der Waals surface area contributed by atoms with Crippen LogP contribution >= 0.6 is 0 Å². The highest BCUT2D eigenvalue weighted by atomic mass is 16.5. The minimum absolute atomic E-state index is 0.219. The average Bonchev–Trinajstić information content (AvgIpc) is 2.02. The number of carbonyl (C=O) groups excluding carboxylic acids is 1. The Morgan fingerprint density at radius 1 is 1.17 bits per heavy atom. The van der Waals surface area contributed by atoms with E-state index in [1.807, 2.05) is 0 Å². The van der Waals surface area contributed by atoms with Crippen molar-refractivity contribution in [1.29, 1.82) is 0 Å². The number of unbranched alkanes of at least 4 members (excludes halogenated alkanes) is 1. The van der Waals surface area contributed by atoms with Crippen LogP contribution in [-0.4, -0.2) is 25.8 Å². The molecule has 0 bridgehead atoms. The summed E-state index contributed by atoms with van der Waals surface area (Å²) in [6.45, 7) is 5.52. The zero-order valence-electron chi connectivity index (χ0n) is 7.97. The van der Waals surface area contributed by atoms with E-state index in [4.69, 9.17) is 9.47 Å². The summed E-state index contributed by atoms with van der Waals surface area (Å²) >= 11 is 0. The molecule has 0 saturated carbocycles. The molecule has 3 heteroatoms. The fraction of sp³-hybridized carbons (Fsp3) is 0.889. The van der Waals surface area contributed by atoms with Crippen molar-refractivity contribution in [3.63, 3.8) is 0 Å². The summed E-state index contributed by atoms with van der Waals surface area (Å²) in [6.07, 6.45) is 3.06. The topological polar surface area (TPSA) is 35.5 Å². The van der Waals surface area contributed by atoms with Crippen molar-refractivity contribution < 1.29 is 14.3 Å². The molecule has 0 radical (unpaired) electrons. The van der Waals surface area contributed by atoms with Crippen LogP contribution in [0.1, 0.15) is 33.1 Å². The van der Waals surface area contributed by atoms with Gasteiger partial charge in [0, 0.05) is 26.6 Å². The Morgan fingerprint density at radius 2 is 1.83 bits per heavy atom. The second-order valence-corrected chi connectivity index (χ2v) is 2.66. The summed E-state index contributed by atoms with van der Waals surface area (Å²) in [5.74, 6) is -0.219. The number of esters is 1. The molecule has 0 heterocycles. The van der Waals surface area contributed by atoms with Crippen molar-refractivity contribution in [2.24, 2.45) is 0 Å². The van der Waals surface area contributed by atoms with Gasteiger partial charge in [0.25, 0.3) is 0 Å². The van der Waals surface area contributed by atoms with Gasteiger partial charge in [-0.25, -0.2) is 0 Å². The van der Waals surface area contributed by atoms with Crippen LogP contribution in [0.25, 0.3) is 0 Å². The summed E-state index contributed by atoms with van der Waals surface area (Å²) in [4.78, 5) is 10.3. The lowest BCUT2D eigenvalue weighted by molar-refractivity contribution is -0.141. The second kappa shape index (κ2) is 8.53. The Labute approximate surface area is 74.0 Å². The van der Waals surface area contributed by atoms with Crippen molar-refractivity contribution >= 4 is 5.97 Å². The third-order valence-electron chi connectivity index (χ3n) is 1.38. The lowest BCUT2D eigenvalue weighted by atomic mass is 10.4. The number of carbonyl (C=O) groups is 1. The summed E-state index contributed by atoms with van der Waals surface area (Å²) in [5.41, 5.74) is 0. The van der Waals surface area contributed by atoms with E-state index in [0.717, 1.165) is 25.9 Å². The molecule has 12 heavy (non-hydrogen) atoms. The van der Waals surface area contributed by atoms with Gasteiger partial charge in [0.1, 0.15) is 0 Å². The molecular formula is C9H18O3. The van der Waals surface area contributed by atoms with Gasteiger partial charge in [-0.3, -0.25) is 4.79 Å². The Bertz CT molecular complexity index is 112. The van der Waals surface area contributed by atoms with E-state index >= 15 is 0 Å². The van der Waals surface area contributed by atoms with Gasteiger partial charge in [-0.2, -0.15) is 0 Å². The Balaban J connectivity index is 2.86. The van der Waals surface area contributed by atoms with Crippen LogP contribution in [-0.2, 0) is 14.3 Å². The summed E-state index contributed by atoms with van der Waals surface area (Å²) < 4.78 is 9.99. The Kier molecular flexibility index (Phi) is 8.12. The van der Waals surface area contributed by atoms with E-state index in [9.17, 15) is 4.79 Å². The maximum absolute atomic E-state index is 10.3. The van der Waals surface area contributed by atoms with Gasteiger partial charge < -0.3 is 9.47 Å².